The van der Waals surface area contributed by atoms with Crippen LogP contribution in [0.15, 0.2) is 42.5 Å². The van der Waals surface area contributed by atoms with Gasteiger partial charge >= 0.3 is 0 Å². The van der Waals surface area contributed by atoms with E-state index in [-0.39, 0.29) is 6.42 Å². The largest absolute Gasteiger partial charge is 0.495 e. The van der Waals surface area contributed by atoms with Crippen molar-refractivity contribution < 1.29 is 14.3 Å². The lowest BCUT2D eigenvalue weighted by atomic mass is 10.0. The van der Waals surface area contributed by atoms with Crippen LogP contribution in [0, 0.1) is 11.3 Å². The Morgan fingerprint density at radius 2 is 1.96 bits per heavy atom. The summed E-state index contributed by atoms with van der Waals surface area (Å²) in [5.74, 6) is -0.593. The van der Waals surface area contributed by atoms with Crippen LogP contribution in [0.25, 0.3) is 0 Å². The first-order valence-corrected chi connectivity index (χ1v) is 7.75. The van der Waals surface area contributed by atoms with Gasteiger partial charge in [-0.15, -0.1) is 0 Å². The smallest absolute Gasteiger partial charge is 0.251 e. The third-order valence-electron chi connectivity index (χ3n) is 3.58. The second-order valence-corrected chi connectivity index (χ2v) is 5.70. The van der Waals surface area contributed by atoms with Gasteiger partial charge in [-0.2, -0.15) is 5.26 Å². The van der Waals surface area contributed by atoms with E-state index in [4.69, 9.17) is 27.3 Å². The van der Waals surface area contributed by atoms with Gasteiger partial charge in [-0.25, -0.2) is 0 Å². The van der Waals surface area contributed by atoms with Crippen LogP contribution in [-0.2, 0) is 11.2 Å². The molecule has 0 fully saturated rings. The number of carbonyl (C=O) groups excluding carboxylic acids is 2. The van der Waals surface area contributed by atoms with Gasteiger partial charge in [-0.3, -0.25) is 9.59 Å². The highest BCUT2D eigenvalue weighted by molar-refractivity contribution is 6.32. The Bertz CT molecular complexity index is 828. The van der Waals surface area contributed by atoms with Gasteiger partial charge in [0, 0.05) is 12.0 Å². The second-order valence-electron chi connectivity index (χ2n) is 5.29. The van der Waals surface area contributed by atoms with Gasteiger partial charge in [0.15, 0.2) is 0 Å². The molecule has 0 heterocycles. The first-order valence-electron chi connectivity index (χ1n) is 7.37. The molecular weight excluding hydrogens is 342 g/mol. The van der Waals surface area contributed by atoms with Crippen molar-refractivity contribution >= 4 is 23.4 Å². The SMILES string of the molecule is COc1ccc(C[C@H](NC(=O)c2ccc(C#N)cc2)C(N)=O)cc1Cl. The Balaban J connectivity index is 2.12. The zero-order valence-electron chi connectivity index (χ0n) is 13.5. The molecule has 0 unspecified atom stereocenters. The van der Waals surface area contributed by atoms with Gasteiger partial charge in [-0.1, -0.05) is 17.7 Å². The Morgan fingerprint density at radius 1 is 1.28 bits per heavy atom. The predicted octanol–water partition coefficient (Wildman–Crippen LogP) is 2.05. The number of hydrogen-bond donors (Lipinski definition) is 2. The molecule has 0 saturated heterocycles. The monoisotopic (exact) mass is 357 g/mol. The number of nitriles is 1. The number of nitrogens with two attached hydrogens (primary N) is 1. The van der Waals surface area contributed by atoms with E-state index in [2.05, 4.69) is 5.32 Å². The highest BCUT2D eigenvalue weighted by Gasteiger charge is 2.20. The molecule has 7 heteroatoms. The van der Waals surface area contributed by atoms with Crippen molar-refractivity contribution in [3.63, 3.8) is 0 Å². The number of benzene rings is 2. The van der Waals surface area contributed by atoms with Crippen molar-refractivity contribution in [2.24, 2.45) is 5.73 Å². The lowest BCUT2D eigenvalue weighted by Crippen LogP contribution is -2.45. The van der Waals surface area contributed by atoms with Crippen LogP contribution in [0.2, 0.25) is 5.02 Å². The van der Waals surface area contributed by atoms with Gasteiger partial charge < -0.3 is 15.8 Å². The fraction of sp³-hybridized carbons (Fsp3) is 0.167. The molecule has 3 N–H and O–H groups in total. The standard InChI is InChI=1S/C18H16ClN3O3/c1-25-16-7-4-12(8-14(16)19)9-15(17(21)23)22-18(24)13-5-2-11(10-20)3-6-13/h2-8,15H,9H2,1H3,(H2,21,23)(H,22,24)/t15-/m0/s1. The first kappa shape index (κ1) is 18.3. The summed E-state index contributed by atoms with van der Waals surface area (Å²) < 4.78 is 5.08. The normalized spacial score (nSPS) is 11.2. The average Bonchev–Trinajstić information content (AvgIpc) is 2.61. The molecule has 0 aliphatic heterocycles. The summed E-state index contributed by atoms with van der Waals surface area (Å²) in [7, 11) is 1.50. The summed E-state index contributed by atoms with van der Waals surface area (Å²) in [6.07, 6.45) is 0.196. The third-order valence-corrected chi connectivity index (χ3v) is 3.88. The molecule has 0 bridgehead atoms. The molecule has 2 aromatic rings. The van der Waals surface area contributed by atoms with Gasteiger partial charge in [-0.05, 0) is 42.0 Å². The highest BCUT2D eigenvalue weighted by atomic mass is 35.5. The molecule has 0 radical (unpaired) electrons. The zero-order chi connectivity index (χ0) is 18.4. The number of nitrogens with one attached hydrogen (secondary N) is 1. The van der Waals surface area contributed by atoms with E-state index in [0.717, 1.165) is 5.56 Å². The minimum Gasteiger partial charge on any atom is -0.495 e. The summed E-state index contributed by atoms with van der Waals surface area (Å²) in [6, 6.07) is 12.2. The molecule has 0 saturated carbocycles. The predicted molar refractivity (Wildman–Crippen MR) is 93.3 cm³/mol. The molecule has 1 atom stereocenters. The number of hydrogen-bond acceptors (Lipinski definition) is 4. The summed E-state index contributed by atoms with van der Waals surface area (Å²) >= 11 is 6.07. The molecule has 25 heavy (non-hydrogen) atoms. The maximum absolute atomic E-state index is 12.3. The van der Waals surface area contributed by atoms with Crippen molar-refractivity contribution in [3.05, 3.63) is 64.2 Å². The highest BCUT2D eigenvalue weighted by Crippen LogP contribution is 2.25. The van der Waals surface area contributed by atoms with Gasteiger partial charge in [0.2, 0.25) is 5.91 Å². The number of ether oxygens (including phenoxy) is 1. The van der Waals surface area contributed by atoms with Crippen molar-refractivity contribution in [3.8, 4) is 11.8 Å². The fourth-order valence-corrected chi connectivity index (χ4v) is 2.51. The summed E-state index contributed by atoms with van der Waals surface area (Å²) in [5, 5.41) is 11.8. The van der Waals surface area contributed by atoms with Crippen LogP contribution in [0.3, 0.4) is 0 Å². The summed E-state index contributed by atoms with van der Waals surface area (Å²) in [4.78, 5) is 24.0. The molecule has 2 aromatic carbocycles. The number of nitrogens with zero attached hydrogens (tertiary/aromatic N) is 1. The Kier molecular flexibility index (Phi) is 5.98. The maximum Gasteiger partial charge on any atom is 0.251 e. The molecule has 0 aliphatic carbocycles. The Hall–Kier alpha value is -3.04. The van der Waals surface area contributed by atoms with Gasteiger partial charge in [0.1, 0.15) is 11.8 Å². The lowest BCUT2D eigenvalue weighted by molar-refractivity contribution is -0.119. The van der Waals surface area contributed by atoms with Crippen molar-refractivity contribution in [2.75, 3.05) is 7.11 Å². The van der Waals surface area contributed by atoms with Crippen LogP contribution >= 0.6 is 11.6 Å². The summed E-state index contributed by atoms with van der Waals surface area (Å²) in [6.45, 7) is 0. The molecule has 2 amide bonds. The minimum atomic E-state index is -0.896. The summed E-state index contributed by atoms with van der Waals surface area (Å²) in [5.41, 5.74) is 6.90. The van der Waals surface area contributed by atoms with Crippen molar-refractivity contribution in [2.45, 2.75) is 12.5 Å². The second kappa shape index (κ2) is 8.18. The van der Waals surface area contributed by atoms with Crippen LogP contribution < -0.4 is 15.8 Å². The van der Waals surface area contributed by atoms with Crippen LogP contribution in [0.4, 0.5) is 0 Å². The minimum absolute atomic E-state index is 0.196. The van der Waals surface area contributed by atoms with Gasteiger partial charge in [0.05, 0.1) is 23.8 Å². The van der Waals surface area contributed by atoms with Crippen LogP contribution in [0.1, 0.15) is 21.5 Å². The molecule has 0 spiro atoms. The lowest BCUT2D eigenvalue weighted by Gasteiger charge is -2.16. The fourth-order valence-electron chi connectivity index (χ4n) is 2.23. The number of primary amides is 1. The number of carbonyl (C=O) groups is 2. The third kappa shape index (κ3) is 4.72. The van der Waals surface area contributed by atoms with Gasteiger partial charge in [0.25, 0.3) is 5.91 Å². The maximum atomic E-state index is 12.3. The van der Waals surface area contributed by atoms with E-state index < -0.39 is 17.9 Å². The van der Waals surface area contributed by atoms with E-state index in [1.807, 2.05) is 6.07 Å². The number of amides is 2. The quantitative estimate of drug-likeness (QED) is 0.825. The number of rotatable bonds is 6. The van der Waals surface area contributed by atoms with Crippen molar-refractivity contribution in [1.29, 1.82) is 5.26 Å². The molecule has 0 aromatic heterocycles. The van der Waals surface area contributed by atoms with Crippen LogP contribution in [0.5, 0.6) is 5.75 Å². The topological polar surface area (TPSA) is 105 Å². The molecule has 2 rings (SSSR count). The molecule has 0 aliphatic rings. The molecule has 128 valence electrons. The van der Waals surface area contributed by atoms with E-state index >= 15 is 0 Å². The van der Waals surface area contributed by atoms with E-state index in [1.165, 1.54) is 31.4 Å². The number of halogens is 1. The zero-order valence-corrected chi connectivity index (χ0v) is 14.2. The van der Waals surface area contributed by atoms with E-state index in [1.54, 1.807) is 18.2 Å². The Labute approximate surface area is 150 Å². The van der Waals surface area contributed by atoms with Crippen molar-refractivity contribution in [1.82, 2.24) is 5.32 Å². The molecular formula is C18H16ClN3O3. The molecule has 6 nitrogen and oxygen atoms in total. The van der Waals surface area contributed by atoms with E-state index in [9.17, 15) is 9.59 Å². The first-order chi connectivity index (χ1) is 11.9. The number of methoxy groups -OCH3 is 1. The van der Waals surface area contributed by atoms with Crippen LogP contribution in [-0.4, -0.2) is 25.0 Å². The Morgan fingerprint density at radius 3 is 2.48 bits per heavy atom. The van der Waals surface area contributed by atoms with E-state index in [0.29, 0.717) is 21.9 Å². The average molecular weight is 358 g/mol.